The summed E-state index contributed by atoms with van der Waals surface area (Å²) in [6, 6.07) is 14.7. The molecule has 8 heteroatoms. The summed E-state index contributed by atoms with van der Waals surface area (Å²) in [4.78, 5) is 34.7. The van der Waals surface area contributed by atoms with Crippen molar-refractivity contribution < 1.29 is 9.53 Å². The van der Waals surface area contributed by atoms with Crippen molar-refractivity contribution in [2.75, 3.05) is 7.11 Å². The molecule has 2 heterocycles. The summed E-state index contributed by atoms with van der Waals surface area (Å²) < 4.78 is 7.35. The Morgan fingerprint density at radius 1 is 1.19 bits per heavy atom. The normalized spacial score (nSPS) is 11.8. The summed E-state index contributed by atoms with van der Waals surface area (Å²) >= 11 is 1.45. The molecule has 0 saturated heterocycles. The molecule has 4 rings (SSSR count). The van der Waals surface area contributed by atoms with E-state index in [2.05, 4.69) is 22.0 Å². The van der Waals surface area contributed by atoms with Gasteiger partial charge in [-0.25, -0.2) is 9.78 Å². The van der Waals surface area contributed by atoms with Gasteiger partial charge in [-0.2, -0.15) is 4.68 Å². The molecular weight excluding hydrogens is 412 g/mol. The summed E-state index contributed by atoms with van der Waals surface area (Å²) in [6.45, 7) is 3.83. The number of aliphatic imine (C=N–C) groups is 1. The Morgan fingerprint density at radius 2 is 1.94 bits per heavy atom. The minimum atomic E-state index is -0.470. The predicted molar refractivity (Wildman–Crippen MR) is 123 cm³/mol. The fourth-order valence-corrected chi connectivity index (χ4v) is 4.39. The average Bonchev–Trinajstić information content (AvgIpc) is 3.34. The first-order valence-corrected chi connectivity index (χ1v) is 10.8. The molecule has 4 aromatic rings. The third-order valence-electron chi connectivity index (χ3n) is 4.90. The number of esters is 1. The van der Waals surface area contributed by atoms with Gasteiger partial charge in [0, 0.05) is 5.69 Å². The van der Waals surface area contributed by atoms with Crippen molar-refractivity contribution in [3.05, 3.63) is 75.7 Å². The Balaban J connectivity index is 1.84. The van der Waals surface area contributed by atoms with Crippen LogP contribution in [0.1, 0.15) is 41.9 Å². The first-order chi connectivity index (χ1) is 15.0. The maximum absolute atomic E-state index is 13.4. The molecule has 0 unspecified atom stereocenters. The number of aromatic amines is 1. The van der Waals surface area contributed by atoms with Crippen molar-refractivity contribution in [3.8, 4) is 5.13 Å². The van der Waals surface area contributed by atoms with Crippen molar-refractivity contribution in [2.24, 2.45) is 4.99 Å². The molecule has 1 N–H and O–H groups in total. The number of aryl methyl sites for hydroxylation is 1. The molecule has 0 aliphatic rings. The van der Waals surface area contributed by atoms with Crippen LogP contribution in [-0.4, -0.2) is 33.6 Å². The van der Waals surface area contributed by atoms with Gasteiger partial charge in [-0.05, 0) is 37.6 Å². The summed E-state index contributed by atoms with van der Waals surface area (Å²) in [5.41, 5.74) is 3.27. The molecule has 0 aliphatic heterocycles. The van der Waals surface area contributed by atoms with Gasteiger partial charge in [-0.15, -0.1) is 0 Å². The smallest absolute Gasteiger partial charge is 0.340 e. The molecule has 0 radical (unpaired) electrons. The molecule has 0 aliphatic carbocycles. The number of carbonyl (C=O) groups is 1. The van der Waals surface area contributed by atoms with Gasteiger partial charge in [0.25, 0.3) is 5.56 Å². The van der Waals surface area contributed by atoms with Crippen LogP contribution in [0.4, 0.5) is 5.69 Å². The zero-order chi connectivity index (χ0) is 22.0. The lowest BCUT2D eigenvalue weighted by atomic mass is 10.1. The number of nitrogens with zero attached hydrogens (tertiary/aromatic N) is 3. The number of methoxy groups -OCH3 is 1. The molecule has 0 amide bonds. The average molecular weight is 435 g/mol. The molecule has 31 heavy (non-hydrogen) atoms. The summed E-state index contributed by atoms with van der Waals surface area (Å²) in [6.07, 6.45) is 1.55. The van der Waals surface area contributed by atoms with Crippen LogP contribution in [0.15, 0.2) is 58.3 Å². The van der Waals surface area contributed by atoms with E-state index in [0.29, 0.717) is 34.1 Å². The topological polar surface area (TPSA) is 89.3 Å². The van der Waals surface area contributed by atoms with E-state index in [0.717, 1.165) is 22.3 Å². The molecule has 2 aromatic carbocycles. The van der Waals surface area contributed by atoms with Gasteiger partial charge in [0.05, 0.1) is 39.9 Å². The maximum atomic E-state index is 13.4. The molecule has 2 aromatic heterocycles. The molecular formula is C23H22N4O3S. The van der Waals surface area contributed by atoms with Crippen molar-refractivity contribution in [3.63, 3.8) is 0 Å². The van der Waals surface area contributed by atoms with E-state index in [4.69, 9.17) is 4.74 Å². The lowest BCUT2D eigenvalue weighted by molar-refractivity contribution is 0.0601. The number of hydrogen-bond donors (Lipinski definition) is 1. The van der Waals surface area contributed by atoms with E-state index >= 15 is 0 Å². The minimum absolute atomic E-state index is 0.209. The van der Waals surface area contributed by atoms with Crippen molar-refractivity contribution in [1.82, 2.24) is 14.8 Å². The van der Waals surface area contributed by atoms with Crippen LogP contribution >= 0.6 is 11.3 Å². The van der Waals surface area contributed by atoms with Crippen LogP contribution in [-0.2, 0) is 11.2 Å². The van der Waals surface area contributed by atoms with Gasteiger partial charge in [0.15, 0.2) is 0 Å². The number of benzene rings is 2. The second-order valence-corrected chi connectivity index (χ2v) is 8.04. The summed E-state index contributed by atoms with van der Waals surface area (Å²) in [5, 5.41) is 3.80. The highest BCUT2D eigenvalue weighted by Gasteiger charge is 2.20. The Hall–Kier alpha value is -3.52. The van der Waals surface area contributed by atoms with E-state index in [1.165, 1.54) is 23.1 Å². The number of rotatable bonds is 6. The van der Waals surface area contributed by atoms with Crippen molar-refractivity contribution in [1.29, 1.82) is 0 Å². The van der Waals surface area contributed by atoms with Gasteiger partial charge < -0.3 is 4.74 Å². The second-order valence-electron chi connectivity index (χ2n) is 7.03. The van der Waals surface area contributed by atoms with Gasteiger partial charge >= 0.3 is 5.97 Å². The molecule has 0 atom stereocenters. The number of nitrogens with one attached hydrogen (secondary N) is 1. The summed E-state index contributed by atoms with van der Waals surface area (Å²) in [7, 11) is 1.33. The van der Waals surface area contributed by atoms with Crippen LogP contribution < -0.4 is 5.56 Å². The lowest BCUT2D eigenvalue weighted by Crippen LogP contribution is -2.19. The molecule has 158 valence electrons. The molecule has 0 saturated carbocycles. The van der Waals surface area contributed by atoms with Crippen LogP contribution in [0, 0.1) is 0 Å². The molecule has 0 fully saturated rings. The highest BCUT2D eigenvalue weighted by Crippen LogP contribution is 2.25. The maximum Gasteiger partial charge on any atom is 0.340 e. The van der Waals surface area contributed by atoms with Gasteiger partial charge in [-0.1, -0.05) is 48.9 Å². The quantitative estimate of drug-likeness (QED) is 0.353. The fourth-order valence-electron chi connectivity index (χ4n) is 3.47. The number of aromatic nitrogens is 3. The predicted octanol–water partition coefficient (Wildman–Crippen LogP) is 4.66. The van der Waals surface area contributed by atoms with Crippen molar-refractivity contribution in [2.45, 2.75) is 26.7 Å². The SMILES string of the molecule is CCCc1[nH]n(-c2nc3ccccc3s2)c(=O)c1C(C)=Nc1ccccc1C(=O)OC. The number of hydrogen-bond acceptors (Lipinski definition) is 6. The van der Waals surface area contributed by atoms with Crippen molar-refractivity contribution >= 4 is 38.9 Å². The minimum Gasteiger partial charge on any atom is -0.465 e. The number of thiazole rings is 1. The van der Waals surface area contributed by atoms with Crippen LogP contribution in [0.25, 0.3) is 15.3 Å². The number of H-pyrrole nitrogens is 1. The van der Waals surface area contributed by atoms with Gasteiger partial charge in [0.1, 0.15) is 0 Å². The third-order valence-corrected chi connectivity index (χ3v) is 5.92. The third kappa shape index (κ3) is 3.94. The van der Waals surface area contributed by atoms with E-state index in [-0.39, 0.29) is 5.56 Å². The largest absolute Gasteiger partial charge is 0.465 e. The van der Waals surface area contributed by atoms with E-state index in [1.807, 2.05) is 24.3 Å². The second kappa shape index (κ2) is 8.69. The highest BCUT2D eigenvalue weighted by atomic mass is 32.1. The molecule has 0 spiro atoms. The monoisotopic (exact) mass is 434 g/mol. The Morgan fingerprint density at radius 3 is 2.68 bits per heavy atom. The van der Waals surface area contributed by atoms with Gasteiger partial charge in [-0.3, -0.25) is 14.9 Å². The lowest BCUT2D eigenvalue weighted by Gasteiger charge is -2.05. The first-order valence-electron chi connectivity index (χ1n) is 9.96. The number of para-hydroxylation sites is 2. The number of carbonyl (C=O) groups excluding carboxylic acids is 1. The van der Waals surface area contributed by atoms with E-state index < -0.39 is 5.97 Å². The Labute approximate surface area is 183 Å². The fraction of sp³-hybridized carbons (Fsp3) is 0.217. The highest BCUT2D eigenvalue weighted by molar-refractivity contribution is 7.20. The van der Waals surface area contributed by atoms with Crippen LogP contribution in [0.3, 0.4) is 0 Å². The van der Waals surface area contributed by atoms with Gasteiger partial charge in [0.2, 0.25) is 5.13 Å². The zero-order valence-corrected chi connectivity index (χ0v) is 18.3. The van der Waals surface area contributed by atoms with Crippen LogP contribution in [0.5, 0.6) is 0 Å². The number of fused-ring (bicyclic) bond motifs is 1. The van der Waals surface area contributed by atoms with E-state index in [9.17, 15) is 9.59 Å². The standard InChI is InChI=1S/C23H22N4O3S/c1-4-9-18-20(14(2)24-16-11-6-5-10-15(16)22(29)30-3)21(28)27(26-18)23-25-17-12-7-8-13-19(17)31-23/h5-8,10-13,26H,4,9H2,1-3H3. The summed E-state index contributed by atoms with van der Waals surface area (Å²) in [5.74, 6) is -0.470. The molecule has 7 nitrogen and oxygen atoms in total. The first kappa shape index (κ1) is 20.7. The number of ether oxygens (including phenoxy) is 1. The zero-order valence-electron chi connectivity index (χ0n) is 17.5. The Kier molecular flexibility index (Phi) is 5.81. The van der Waals surface area contributed by atoms with E-state index in [1.54, 1.807) is 31.2 Å². The molecule has 0 bridgehead atoms. The van der Waals surface area contributed by atoms with Crippen LogP contribution in [0.2, 0.25) is 0 Å². The Bertz CT molecular complexity index is 1310.